The molecule has 0 saturated heterocycles. The van der Waals surface area contributed by atoms with E-state index in [1.54, 1.807) is 5.57 Å². The van der Waals surface area contributed by atoms with E-state index in [4.69, 9.17) is 0 Å². The van der Waals surface area contributed by atoms with Crippen LogP contribution in [0.15, 0.2) is 21.5 Å². The van der Waals surface area contributed by atoms with Crippen LogP contribution in [0.4, 0.5) is 0 Å². The van der Waals surface area contributed by atoms with E-state index in [2.05, 4.69) is 10.2 Å². The first-order chi connectivity index (χ1) is 6.41. The summed E-state index contributed by atoms with van der Waals surface area (Å²) in [4.78, 5) is 0. The van der Waals surface area contributed by atoms with Crippen LogP contribution in [-0.2, 0) is 0 Å². The number of fused-ring (bicyclic) bond motifs is 1. The Kier molecular flexibility index (Phi) is 1.58. The number of hydrogen-bond donors (Lipinski definition) is 0. The molecule has 0 aromatic carbocycles. The van der Waals surface area contributed by atoms with Crippen molar-refractivity contribution in [3.63, 3.8) is 0 Å². The van der Waals surface area contributed by atoms with Gasteiger partial charge in [0.2, 0.25) is 0 Å². The standard InChI is InChI=1S/C11H16N2/c1-2-4-6-10-9(5-3-1)11(7-8-11)13-12-10/h1-8H2. The van der Waals surface area contributed by atoms with Gasteiger partial charge in [-0.2, -0.15) is 10.2 Å². The van der Waals surface area contributed by atoms with Gasteiger partial charge < -0.3 is 0 Å². The Morgan fingerprint density at radius 3 is 2.46 bits per heavy atom. The average molecular weight is 176 g/mol. The minimum Gasteiger partial charge on any atom is -0.178 e. The molecule has 2 aliphatic carbocycles. The average Bonchev–Trinajstić information content (AvgIpc) is 2.76. The first-order valence-electron chi connectivity index (χ1n) is 5.56. The van der Waals surface area contributed by atoms with Crippen molar-refractivity contribution in [3.05, 3.63) is 11.3 Å². The van der Waals surface area contributed by atoms with Crippen LogP contribution in [0.5, 0.6) is 0 Å². The monoisotopic (exact) mass is 176 g/mol. The van der Waals surface area contributed by atoms with Crippen molar-refractivity contribution in [2.45, 2.75) is 56.9 Å². The minimum absolute atomic E-state index is 0.257. The molecule has 0 atom stereocenters. The van der Waals surface area contributed by atoms with Gasteiger partial charge in [0.1, 0.15) is 5.54 Å². The predicted molar refractivity (Wildman–Crippen MR) is 51.5 cm³/mol. The van der Waals surface area contributed by atoms with Gasteiger partial charge in [0.05, 0.1) is 5.70 Å². The topological polar surface area (TPSA) is 24.7 Å². The lowest BCUT2D eigenvalue weighted by molar-refractivity contribution is 0.596. The summed E-state index contributed by atoms with van der Waals surface area (Å²) < 4.78 is 0. The fourth-order valence-corrected chi connectivity index (χ4v) is 2.59. The molecule has 1 heterocycles. The quantitative estimate of drug-likeness (QED) is 0.539. The van der Waals surface area contributed by atoms with E-state index in [0.29, 0.717) is 0 Å². The zero-order valence-corrected chi connectivity index (χ0v) is 8.05. The van der Waals surface area contributed by atoms with Crippen molar-refractivity contribution in [2.24, 2.45) is 10.2 Å². The van der Waals surface area contributed by atoms with Crippen molar-refractivity contribution >= 4 is 0 Å². The lowest BCUT2D eigenvalue weighted by atomic mass is 9.93. The Labute approximate surface area is 79.1 Å². The van der Waals surface area contributed by atoms with Gasteiger partial charge in [-0.25, -0.2) is 0 Å². The maximum atomic E-state index is 4.46. The Balaban J connectivity index is 1.90. The Bertz CT molecular complexity index is 284. The zero-order valence-electron chi connectivity index (χ0n) is 8.05. The Hall–Kier alpha value is -0.660. The summed E-state index contributed by atoms with van der Waals surface area (Å²) in [6, 6.07) is 0. The second-order valence-electron chi connectivity index (χ2n) is 4.57. The highest BCUT2D eigenvalue weighted by Gasteiger charge is 2.50. The molecule has 1 aliphatic heterocycles. The number of nitrogens with zero attached hydrogens (tertiary/aromatic N) is 2. The SMILES string of the molecule is C1CCCC2=C(CC1)N=NC21CC1. The summed E-state index contributed by atoms with van der Waals surface area (Å²) in [6.07, 6.45) is 10.5. The van der Waals surface area contributed by atoms with E-state index in [-0.39, 0.29) is 5.54 Å². The van der Waals surface area contributed by atoms with Crippen molar-refractivity contribution < 1.29 is 0 Å². The molecule has 0 aromatic heterocycles. The molecule has 0 bridgehead atoms. The van der Waals surface area contributed by atoms with Gasteiger partial charge in [0.25, 0.3) is 0 Å². The number of hydrogen-bond acceptors (Lipinski definition) is 2. The summed E-state index contributed by atoms with van der Waals surface area (Å²) in [7, 11) is 0. The second kappa shape index (κ2) is 2.66. The largest absolute Gasteiger partial charge is 0.178 e. The molecule has 0 unspecified atom stereocenters. The maximum Gasteiger partial charge on any atom is 0.105 e. The van der Waals surface area contributed by atoms with Crippen LogP contribution < -0.4 is 0 Å². The normalized spacial score (nSPS) is 30.2. The first kappa shape index (κ1) is 7.72. The highest BCUT2D eigenvalue weighted by Crippen LogP contribution is 2.53. The molecule has 3 aliphatic rings. The molecular formula is C11H16N2. The number of rotatable bonds is 0. The van der Waals surface area contributed by atoms with Crippen LogP contribution in [0.1, 0.15) is 51.4 Å². The Morgan fingerprint density at radius 1 is 0.923 bits per heavy atom. The zero-order chi connectivity index (χ0) is 8.73. The van der Waals surface area contributed by atoms with Crippen LogP contribution in [0, 0.1) is 0 Å². The fourth-order valence-electron chi connectivity index (χ4n) is 2.59. The third-order valence-electron chi connectivity index (χ3n) is 3.59. The highest BCUT2D eigenvalue weighted by molar-refractivity contribution is 5.36. The lowest BCUT2D eigenvalue weighted by Gasteiger charge is -2.13. The van der Waals surface area contributed by atoms with Crippen LogP contribution >= 0.6 is 0 Å². The lowest BCUT2D eigenvalue weighted by Crippen LogP contribution is -2.07. The molecule has 2 heteroatoms. The summed E-state index contributed by atoms with van der Waals surface area (Å²) >= 11 is 0. The van der Waals surface area contributed by atoms with Gasteiger partial charge in [-0.05, 0) is 44.1 Å². The van der Waals surface area contributed by atoms with E-state index in [0.717, 1.165) is 0 Å². The third kappa shape index (κ3) is 1.15. The van der Waals surface area contributed by atoms with Gasteiger partial charge in [0, 0.05) is 0 Å². The third-order valence-corrected chi connectivity index (χ3v) is 3.59. The molecule has 1 spiro atoms. The Morgan fingerprint density at radius 2 is 1.69 bits per heavy atom. The first-order valence-corrected chi connectivity index (χ1v) is 5.56. The van der Waals surface area contributed by atoms with Crippen LogP contribution in [-0.4, -0.2) is 5.54 Å². The number of allylic oxidation sites excluding steroid dienone is 1. The van der Waals surface area contributed by atoms with E-state index < -0.39 is 0 Å². The summed E-state index contributed by atoms with van der Waals surface area (Å²) in [5, 5.41) is 8.84. The number of azo groups is 1. The smallest absolute Gasteiger partial charge is 0.105 e. The summed E-state index contributed by atoms with van der Waals surface area (Å²) in [5.74, 6) is 0. The van der Waals surface area contributed by atoms with Crippen molar-refractivity contribution in [2.75, 3.05) is 0 Å². The maximum absolute atomic E-state index is 4.46. The van der Waals surface area contributed by atoms with Crippen LogP contribution in [0.3, 0.4) is 0 Å². The van der Waals surface area contributed by atoms with Gasteiger partial charge in [-0.1, -0.05) is 12.8 Å². The molecule has 3 rings (SSSR count). The molecule has 1 fully saturated rings. The summed E-state index contributed by atoms with van der Waals surface area (Å²) in [5.41, 5.74) is 3.23. The molecule has 0 aromatic rings. The van der Waals surface area contributed by atoms with E-state index in [1.807, 2.05) is 0 Å². The fraction of sp³-hybridized carbons (Fsp3) is 0.818. The molecule has 70 valence electrons. The van der Waals surface area contributed by atoms with Crippen molar-refractivity contribution in [1.29, 1.82) is 0 Å². The van der Waals surface area contributed by atoms with Gasteiger partial charge in [-0.3, -0.25) is 0 Å². The van der Waals surface area contributed by atoms with E-state index >= 15 is 0 Å². The van der Waals surface area contributed by atoms with Gasteiger partial charge in [-0.15, -0.1) is 0 Å². The molecule has 1 saturated carbocycles. The van der Waals surface area contributed by atoms with Gasteiger partial charge >= 0.3 is 0 Å². The predicted octanol–water partition coefficient (Wildman–Crippen LogP) is 3.59. The van der Waals surface area contributed by atoms with E-state index in [1.165, 1.54) is 57.1 Å². The second-order valence-corrected chi connectivity index (χ2v) is 4.57. The van der Waals surface area contributed by atoms with Crippen molar-refractivity contribution in [3.8, 4) is 0 Å². The molecule has 0 N–H and O–H groups in total. The van der Waals surface area contributed by atoms with Crippen LogP contribution in [0.2, 0.25) is 0 Å². The highest BCUT2D eigenvalue weighted by atomic mass is 15.2. The molecule has 13 heavy (non-hydrogen) atoms. The molecular weight excluding hydrogens is 160 g/mol. The van der Waals surface area contributed by atoms with E-state index in [9.17, 15) is 0 Å². The molecule has 0 amide bonds. The van der Waals surface area contributed by atoms with Crippen molar-refractivity contribution in [1.82, 2.24) is 0 Å². The van der Waals surface area contributed by atoms with Crippen LogP contribution in [0.25, 0.3) is 0 Å². The molecule has 0 radical (unpaired) electrons. The molecule has 2 nitrogen and oxygen atoms in total. The minimum atomic E-state index is 0.257. The van der Waals surface area contributed by atoms with Gasteiger partial charge in [0.15, 0.2) is 0 Å². The summed E-state index contributed by atoms with van der Waals surface area (Å²) in [6.45, 7) is 0.